The van der Waals surface area contributed by atoms with Crippen molar-refractivity contribution in [2.75, 3.05) is 5.75 Å². The monoisotopic (exact) mass is 378 g/mol. The number of nitrogens with zero attached hydrogens (tertiary/aromatic N) is 1. The Labute approximate surface area is 155 Å². The molecule has 0 unspecified atom stereocenters. The van der Waals surface area contributed by atoms with E-state index >= 15 is 0 Å². The van der Waals surface area contributed by atoms with Gasteiger partial charge in [-0.3, -0.25) is 4.79 Å². The van der Waals surface area contributed by atoms with Crippen molar-refractivity contribution in [1.29, 1.82) is 0 Å². The van der Waals surface area contributed by atoms with Crippen LogP contribution in [0.15, 0.2) is 28.7 Å². The Hall–Kier alpha value is -1.60. The Morgan fingerprint density at radius 3 is 2.96 bits per heavy atom. The van der Waals surface area contributed by atoms with Crippen LogP contribution in [0.3, 0.4) is 0 Å². The molecule has 3 rings (SSSR count). The number of rotatable bonds is 6. The first-order valence-corrected chi connectivity index (χ1v) is 10.5. The van der Waals surface area contributed by atoms with Gasteiger partial charge in [0, 0.05) is 10.9 Å². The number of H-pyrrole nitrogens is 1. The van der Waals surface area contributed by atoms with Crippen molar-refractivity contribution in [3.63, 3.8) is 0 Å². The molecule has 0 bridgehead atoms. The van der Waals surface area contributed by atoms with Crippen LogP contribution in [-0.4, -0.2) is 22.3 Å². The van der Waals surface area contributed by atoms with E-state index in [4.69, 9.17) is 0 Å². The van der Waals surface area contributed by atoms with Crippen LogP contribution in [0.1, 0.15) is 37.0 Å². The normalized spacial score (nSPS) is 15.4. The lowest BCUT2D eigenvalue weighted by Gasteiger charge is -2.22. The molecule has 0 atom stereocenters. The average molecular weight is 379 g/mol. The predicted molar refractivity (Wildman–Crippen MR) is 103 cm³/mol. The van der Waals surface area contributed by atoms with E-state index in [2.05, 4.69) is 16.9 Å². The number of hydrogen-bond acceptors (Lipinski definition) is 4. The van der Waals surface area contributed by atoms with Crippen molar-refractivity contribution in [3.8, 4) is 0 Å². The third kappa shape index (κ3) is 4.33. The van der Waals surface area contributed by atoms with Crippen molar-refractivity contribution >= 4 is 39.2 Å². The summed E-state index contributed by atoms with van der Waals surface area (Å²) >= 11 is 2.94. The summed E-state index contributed by atoms with van der Waals surface area (Å²) in [5, 5.41) is 4.52. The number of thiophene rings is 1. The number of carbonyl (C=O) groups excluding carboxylic acids is 1. The number of allylic oxidation sites excluding steroid dienone is 1. The Kier molecular flexibility index (Phi) is 5.96. The topological polar surface area (TPSA) is 65.2 Å². The van der Waals surface area contributed by atoms with E-state index in [0.717, 1.165) is 22.5 Å². The Bertz CT molecular complexity index is 835. The lowest BCUT2D eigenvalue weighted by Crippen LogP contribution is -2.37. The summed E-state index contributed by atoms with van der Waals surface area (Å²) in [5.74, 6) is 0.338. The first-order chi connectivity index (χ1) is 12.1. The van der Waals surface area contributed by atoms with Crippen molar-refractivity contribution in [1.82, 2.24) is 9.88 Å². The molecule has 1 aliphatic carbocycles. The molecular weight excluding hydrogens is 354 g/mol. The van der Waals surface area contributed by atoms with E-state index < -0.39 is 0 Å². The second-order valence-electron chi connectivity index (χ2n) is 6.43. The summed E-state index contributed by atoms with van der Waals surface area (Å²) in [5.41, 5.74) is -0.0341. The number of aromatic amines is 1. The zero-order valence-electron chi connectivity index (χ0n) is 14.5. The van der Waals surface area contributed by atoms with Crippen LogP contribution >= 0.6 is 23.1 Å². The lowest BCUT2D eigenvalue weighted by molar-refractivity contribution is -0.404. The van der Waals surface area contributed by atoms with Crippen molar-refractivity contribution in [2.45, 2.75) is 56.8 Å². The first kappa shape index (κ1) is 18.2. The molecular formula is C18H24N3O2S2+. The zero-order valence-corrected chi connectivity index (χ0v) is 16.1. The van der Waals surface area contributed by atoms with Crippen molar-refractivity contribution in [3.05, 3.63) is 34.0 Å². The van der Waals surface area contributed by atoms with Gasteiger partial charge in [-0.2, -0.15) is 4.57 Å². The zero-order chi connectivity index (χ0) is 17.8. The fraction of sp³-hybridized carbons (Fsp3) is 0.500. The molecule has 25 heavy (non-hydrogen) atoms. The summed E-state index contributed by atoms with van der Waals surface area (Å²) < 4.78 is 1.65. The Balaban J connectivity index is 1.75. The maximum atomic E-state index is 12.7. The summed E-state index contributed by atoms with van der Waals surface area (Å²) in [6.07, 6.45) is 7.50. The predicted octanol–water partition coefficient (Wildman–Crippen LogP) is 2.91. The largest absolute Gasteiger partial charge is 0.353 e. The number of carbonyl (C=O) groups is 1. The fourth-order valence-electron chi connectivity index (χ4n) is 3.23. The number of aryl methyl sites for hydroxylation is 1. The van der Waals surface area contributed by atoms with Crippen LogP contribution < -0.4 is 15.9 Å². The summed E-state index contributed by atoms with van der Waals surface area (Å²) in [6.45, 7) is 6.15. The van der Waals surface area contributed by atoms with Crippen LogP contribution in [0, 0.1) is 6.92 Å². The van der Waals surface area contributed by atoms with E-state index in [-0.39, 0.29) is 11.5 Å². The number of fused-ring (bicyclic) bond motifs is 1. The molecule has 1 saturated carbocycles. The molecule has 5 nitrogen and oxygen atoms in total. The van der Waals surface area contributed by atoms with Gasteiger partial charge in [0.05, 0.1) is 5.75 Å². The van der Waals surface area contributed by atoms with Gasteiger partial charge in [0.25, 0.3) is 0 Å². The highest BCUT2D eigenvalue weighted by Crippen LogP contribution is 2.21. The number of amides is 1. The van der Waals surface area contributed by atoms with E-state index in [9.17, 15) is 9.59 Å². The van der Waals surface area contributed by atoms with Gasteiger partial charge < -0.3 is 5.32 Å². The molecule has 0 saturated heterocycles. The number of hydrogen-bond donors (Lipinski definition) is 1. The fourth-order valence-corrected chi connectivity index (χ4v) is 5.03. The van der Waals surface area contributed by atoms with Gasteiger partial charge in [0.2, 0.25) is 5.91 Å². The molecule has 0 spiro atoms. The van der Waals surface area contributed by atoms with E-state index in [1.54, 1.807) is 22.0 Å². The smallest absolute Gasteiger partial charge is 0.347 e. The van der Waals surface area contributed by atoms with E-state index in [0.29, 0.717) is 28.9 Å². The minimum Gasteiger partial charge on any atom is -0.353 e. The standard InChI is InChI=1S/C18H23N3O2S2/c1-3-9-21-17(23)14-10-12(2)25-16(14)20-18(21)24-11-15(22)19-13-7-5-4-6-8-13/h3,10,13H,1,4-9,11H2,2H3,(H,19,22)/p+1. The van der Waals surface area contributed by atoms with Gasteiger partial charge in [-0.25, -0.2) is 9.78 Å². The molecule has 0 aliphatic heterocycles. The molecule has 2 N–H and O–H groups in total. The molecule has 1 fully saturated rings. The molecule has 0 radical (unpaired) electrons. The van der Waals surface area contributed by atoms with Crippen LogP contribution in [-0.2, 0) is 11.3 Å². The molecule has 134 valence electrons. The minimum absolute atomic E-state index is 0.0327. The summed E-state index contributed by atoms with van der Waals surface area (Å²) in [7, 11) is 0. The molecule has 2 heterocycles. The first-order valence-electron chi connectivity index (χ1n) is 8.68. The molecule has 1 amide bonds. The highest BCUT2D eigenvalue weighted by Gasteiger charge is 2.21. The Morgan fingerprint density at radius 1 is 1.48 bits per heavy atom. The second kappa shape index (κ2) is 8.19. The highest BCUT2D eigenvalue weighted by molar-refractivity contribution is 7.99. The molecule has 1 aliphatic rings. The van der Waals surface area contributed by atoms with E-state index in [1.165, 1.54) is 31.0 Å². The summed E-state index contributed by atoms with van der Waals surface area (Å²) in [6, 6.07) is 2.21. The maximum absolute atomic E-state index is 12.7. The van der Waals surface area contributed by atoms with Gasteiger partial charge >= 0.3 is 10.7 Å². The quantitative estimate of drug-likeness (QED) is 0.477. The van der Waals surface area contributed by atoms with Gasteiger partial charge in [-0.15, -0.1) is 0 Å². The van der Waals surface area contributed by atoms with Crippen LogP contribution in [0.4, 0.5) is 0 Å². The van der Waals surface area contributed by atoms with Crippen molar-refractivity contribution < 1.29 is 9.78 Å². The average Bonchev–Trinajstić information content (AvgIpc) is 2.97. The van der Waals surface area contributed by atoms with E-state index in [1.807, 2.05) is 13.0 Å². The lowest BCUT2D eigenvalue weighted by atomic mass is 9.95. The minimum atomic E-state index is -0.0341. The van der Waals surface area contributed by atoms with Crippen molar-refractivity contribution in [2.24, 2.45) is 0 Å². The second-order valence-corrected chi connectivity index (χ2v) is 8.65. The number of nitrogens with one attached hydrogen (secondary N) is 2. The third-order valence-corrected chi connectivity index (χ3v) is 6.39. The van der Waals surface area contributed by atoms with Gasteiger partial charge in [-0.05, 0) is 37.6 Å². The van der Waals surface area contributed by atoms with Crippen LogP contribution in [0.2, 0.25) is 0 Å². The molecule has 2 aromatic heterocycles. The maximum Gasteiger partial charge on any atom is 0.347 e. The van der Waals surface area contributed by atoms with Crippen LogP contribution in [0.25, 0.3) is 10.2 Å². The third-order valence-electron chi connectivity index (χ3n) is 4.42. The van der Waals surface area contributed by atoms with Gasteiger partial charge in [0.1, 0.15) is 11.9 Å². The summed E-state index contributed by atoms with van der Waals surface area (Å²) in [4.78, 5) is 30.2. The number of aromatic nitrogens is 2. The number of thioether (sulfide) groups is 1. The Morgan fingerprint density at radius 2 is 2.24 bits per heavy atom. The molecule has 0 aromatic carbocycles. The van der Waals surface area contributed by atoms with Crippen LogP contribution in [0.5, 0.6) is 0 Å². The van der Waals surface area contributed by atoms with Gasteiger partial charge in [-0.1, -0.05) is 43.3 Å². The highest BCUT2D eigenvalue weighted by atomic mass is 32.2. The molecule has 7 heteroatoms. The molecule has 2 aromatic rings. The SMILES string of the molecule is C=CCn1c(SCC(=O)NC2CCCCC2)[nH+]c2sc(C)cc2c1=O. The van der Waals surface area contributed by atoms with Gasteiger partial charge in [0.15, 0.2) is 4.83 Å².